The molecule has 0 aromatic rings. The van der Waals surface area contributed by atoms with Gasteiger partial charge >= 0.3 is 5.97 Å². The molecule has 0 bridgehead atoms. The van der Waals surface area contributed by atoms with Crippen LogP contribution in [0.5, 0.6) is 0 Å². The van der Waals surface area contributed by atoms with Gasteiger partial charge in [-0.1, -0.05) is 0 Å². The highest BCUT2D eigenvalue weighted by molar-refractivity contribution is 5.66. The van der Waals surface area contributed by atoms with E-state index >= 15 is 0 Å². The average Bonchev–Trinajstić information content (AvgIpc) is 2.25. The molecule has 0 radical (unpaired) electrons. The lowest BCUT2D eigenvalue weighted by Gasteiger charge is -2.41. The average molecular weight is 235 g/mol. The van der Waals surface area contributed by atoms with E-state index in [4.69, 9.17) is 10.2 Å². The molecule has 1 rings (SSSR count). The molecule has 16 heavy (non-hydrogen) atoms. The molecule has 1 aliphatic rings. The van der Waals surface area contributed by atoms with E-state index in [2.05, 4.69) is 5.32 Å². The number of carboxylic acid groups (broad SMARTS) is 1. The molecular weight excluding hydrogens is 218 g/mol. The molecule has 7 nitrogen and oxygen atoms in total. The smallest absolute Gasteiger partial charge is 0.303 e. The number of aliphatic carboxylic acids is 1. The summed E-state index contributed by atoms with van der Waals surface area (Å²) in [6.45, 7) is -0.394. The lowest BCUT2D eigenvalue weighted by Crippen LogP contribution is -2.65. The summed E-state index contributed by atoms with van der Waals surface area (Å²) in [7, 11) is 0. The molecule has 0 aromatic carbocycles. The number of nitrogens with one attached hydrogen (secondary N) is 1. The SMILES string of the molecule is O=C(O)CC[C@H]1N[C@@H](CO)[C@H](O)[C@H](O)[C@H]1O. The number of hydrogen-bond acceptors (Lipinski definition) is 6. The molecular formula is C9H17NO6. The highest BCUT2D eigenvalue weighted by atomic mass is 16.4. The van der Waals surface area contributed by atoms with E-state index in [9.17, 15) is 20.1 Å². The maximum absolute atomic E-state index is 10.4. The van der Waals surface area contributed by atoms with Gasteiger partial charge in [-0.05, 0) is 6.42 Å². The van der Waals surface area contributed by atoms with Crippen molar-refractivity contribution in [3.63, 3.8) is 0 Å². The summed E-state index contributed by atoms with van der Waals surface area (Å²) >= 11 is 0. The lowest BCUT2D eigenvalue weighted by molar-refractivity contribution is -0.139. The summed E-state index contributed by atoms with van der Waals surface area (Å²) < 4.78 is 0. The van der Waals surface area contributed by atoms with Gasteiger partial charge in [-0.2, -0.15) is 0 Å². The molecule has 0 spiro atoms. The normalized spacial score (nSPS) is 39.6. The summed E-state index contributed by atoms with van der Waals surface area (Å²) in [5.41, 5.74) is 0. The van der Waals surface area contributed by atoms with Crippen molar-refractivity contribution in [1.29, 1.82) is 0 Å². The van der Waals surface area contributed by atoms with Crippen LogP contribution in [-0.4, -0.2) is 68.5 Å². The molecule has 0 aromatic heterocycles. The quantitative estimate of drug-likeness (QED) is 0.312. The minimum Gasteiger partial charge on any atom is -0.481 e. The Hall–Kier alpha value is -0.730. The van der Waals surface area contributed by atoms with Gasteiger partial charge in [0.2, 0.25) is 0 Å². The zero-order valence-corrected chi connectivity index (χ0v) is 8.65. The maximum Gasteiger partial charge on any atom is 0.303 e. The van der Waals surface area contributed by atoms with Crippen LogP contribution in [0, 0.1) is 0 Å². The van der Waals surface area contributed by atoms with Gasteiger partial charge < -0.3 is 30.8 Å². The summed E-state index contributed by atoms with van der Waals surface area (Å²) in [6, 6.07) is -1.40. The van der Waals surface area contributed by atoms with E-state index in [1.807, 2.05) is 0 Å². The Balaban J connectivity index is 2.60. The van der Waals surface area contributed by atoms with Gasteiger partial charge in [0.15, 0.2) is 0 Å². The first kappa shape index (κ1) is 13.3. The molecule has 0 saturated carbocycles. The summed E-state index contributed by atoms with van der Waals surface area (Å²) in [6.07, 6.45) is -3.91. The molecule has 6 N–H and O–H groups in total. The van der Waals surface area contributed by atoms with E-state index in [0.29, 0.717) is 0 Å². The van der Waals surface area contributed by atoms with E-state index in [-0.39, 0.29) is 12.8 Å². The van der Waals surface area contributed by atoms with E-state index < -0.39 is 43.0 Å². The van der Waals surface area contributed by atoms with Crippen LogP contribution in [0.2, 0.25) is 0 Å². The molecule has 1 aliphatic heterocycles. The number of carboxylic acids is 1. The maximum atomic E-state index is 10.4. The fourth-order valence-electron chi connectivity index (χ4n) is 1.84. The van der Waals surface area contributed by atoms with Crippen LogP contribution in [0.4, 0.5) is 0 Å². The lowest BCUT2D eigenvalue weighted by atomic mass is 9.88. The highest BCUT2D eigenvalue weighted by Gasteiger charge is 2.41. The van der Waals surface area contributed by atoms with Crippen molar-refractivity contribution < 1.29 is 30.3 Å². The Morgan fingerprint density at radius 2 is 1.62 bits per heavy atom. The van der Waals surface area contributed by atoms with Gasteiger partial charge in [0.05, 0.1) is 24.9 Å². The van der Waals surface area contributed by atoms with Crippen molar-refractivity contribution in [2.45, 2.75) is 43.2 Å². The summed E-state index contributed by atoms with van der Waals surface area (Å²) in [4.78, 5) is 10.4. The molecule has 5 atom stereocenters. The molecule has 0 amide bonds. The molecule has 7 heteroatoms. The second kappa shape index (κ2) is 5.55. The molecule has 0 unspecified atom stereocenters. The number of aliphatic hydroxyl groups excluding tert-OH is 4. The number of carbonyl (C=O) groups is 1. The van der Waals surface area contributed by atoms with E-state index in [0.717, 1.165) is 0 Å². The van der Waals surface area contributed by atoms with Gasteiger partial charge in [0.25, 0.3) is 0 Å². The van der Waals surface area contributed by atoms with E-state index in [1.54, 1.807) is 0 Å². The van der Waals surface area contributed by atoms with Crippen molar-refractivity contribution in [2.24, 2.45) is 0 Å². The first-order valence-electron chi connectivity index (χ1n) is 5.10. The third kappa shape index (κ3) is 2.89. The van der Waals surface area contributed by atoms with Crippen molar-refractivity contribution in [1.82, 2.24) is 5.32 Å². The van der Waals surface area contributed by atoms with Gasteiger partial charge in [0, 0.05) is 12.5 Å². The van der Waals surface area contributed by atoms with Crippen LogP contribution in [0.15, 0.2) is 0 Å². The largest absolute Gasteiger partial charge is 0.481 e. The Bertz CT molecular complexity index is 246. The zero-order chi connectivity index (χ0) is 12.3. The van der Waals surface area contributed by atoms with Crippen molar-refractivity contribution in [3.05, 3.63) is 0 Å². The molecule has 1 heterocycles. The predicted octanol–water partition coefficient (Wildman–Crippen LogP) is -2.73. The fourth-order valence-corrected chi connectivity index (χ4v) is 1.84. The van der Waals surface area contributed by atoms with E-state index in [1.165, 1.54) is 0 Å². The Labute approximate surface area is 92.3 Å². The van der Waals surface area contributed by atoms with Gasteiger partial charge in [-0.25, -0.2) is 0 Å². The number of piperidine rings is 1. The minimum atomic E-state index is -1.38. The van der Waals surface area contributed by atoms with Gasteiger partial charge in [-0.3, -0.25) is 4.79 Å². The van der Waals surface area contributed by atoms with Crippen LogP contribution in [0.3, 0.4) is 0 Å². The summed E-state index contributed by atoms with van der Waals surface area (Å²) in [5.74, 6) is -1.00. The monoisotopic (exact) mass is 235 g/mol. The Kier molecular flexibility index (Phi) is 4.63. The van der Waals surface area contributed by atoms with Crippen LogP contribution in [-0.2, 0) is 4.79 Å². The number of hydrogen-bond donors (Lipinski definition) is 6. The van der Waals surface area contributed by atoms with Crippen molar-refractivity contribution in [2.75, 3.05) is 6.61 Å². The van der Waals surface area contributed by atoms with Crippen LogP contribution in [0.1, 0.15) is 12.8 Å². The Morgan fingerprint density at radius 1 is 1.06 bits per heavy atom. The molecule has 94 valence electrons. The van der Waals surface area contributed by atoms with Crippen LogP contribution < -0.4 is 5.32 Å². The number of aliphatic hydroxyl groups is 4. The molecule has 0 aliphatic carbocycles. The standard InChI is InChI=1S/C9H17NO6/c11-3-5-8(15)9(16)7(14)4(10-5)1-2-6(12)13/h4-5,7-11,14-16H,1-3H2,(H,12,13)/t4-,5+,7+,8+,9-/m1/s1. The first-order chi connectivity index (χ1) is 7.47. The third-order valence-electron chi connectivity index (χ3n) is 2.82. The molecule has 1 fully saturated rings. The van der Waals surface area contributed by atoms with Crippen LogP contribution in [0.25, 0.3) is 0 Å². The van der Waals surface area contributed by atoms with Crippen LogP contribution >= 0.6 is 0 Å². The minimum absolute atomic E-state index is 0.122. The van der Waals surface area contributed by atoms with Gasteiger partial charge in [0.1, 0.15) is 6.10 Å². The zero-order valence-electron chi connectivity index (χ0n) is 8.65. The number of rotatable bonds is 4. The second-order valence-electron chi connectivity index (χ2n) is 3.97. The topological polar surface area (TPSA) is 130 Å². The molecule has 1 saturated heterocycles. The predicted molar refractivity (Wildman–Crippen MR) is 52.7 cm³/mol. The third-order valence-corrected chi connectivity index (χ3v) is 2.82. The first-order valence-corrected chi connectivity index (χ1v) is 5.10. The van der Waals surface area contributed by atoms with Crippen molar-refractivity contribution >= 4 is 5.97 Å². The summed E-state index contributed by atoms with van der Waals surface area (Å²) in [5, 5.41) is 48.7. The second-order valence-corrected chi connectivity index (χ2v) is 3.97. The highest BCUT2D eigenvalue weighted by Crippen LogP contribution is 2.18. The van der Waals surface area contributed by atoms with Gasteiger partial charge in [-0.15, -0.1) is 0 Å². The Morgan fingerprint density at radius 3 is 2.12 bits per heavy atom. The fraction of sp³-hybridized carbons (Fsp3) is 0.889. The van der Waals surface area contributed by atoms with Crippen molar-refractivity contribution in [3.8, 4) is 0 Å².